The van der Waals surface area contributed by atoms with Crippen LogP contribution in [0.2, 0.25) is 0 Å². The number of likely N-dealkylation sites (N-methyl/N-ethyl adjacent to an activating group) is 1. The molecular formula is C12H15F2NO. The molecule has 1 N–H and O–H groups in total. The Labute approximate surface area is 93.5 Å². The number of hydrogen-bond acceptors (Lipinski definition) is 2. The first kappa shape index (κ1) is 11.5. The molecular weight excluding hydrogens is 212 g/mol. The molecule has 0 spiro atoms. The van der Waals surface area contributed by atoms with Crippen molar-refractivity contribution in [2.75, 3.05) is 13.6 Å². The second kappa shape index (κ2) is 3.79. The fourth-order valence-electron chi connectivity index (χ4n) is 2.31. The van der Waals surface area contributed by atoms with Crippen LogP contribution >= 0.6 is 0 Å². The molecule has 0 radical (unpaired) electrons. The molecule has 2 nitrogen and oxygen atoms in total. The molecule has 0 bridgehead atoms. The van der Waals surface area contributed by atoms with E-state index in [1.165, 1.54) is 12.1 Å². The summed E-state index contributed by atoms with van der Waals surface area (Å²) in [7, 11) is 1.89. The van der Waals surface area contributed by atoms with Gasteiger partial charge in [-0.3, -0.25) is 0 Å². The maximum atomic E-state index is 13.1. The Bertz CT molecular complexity index is 378. The minimum atomic E-state index is -1.14. The van der Waals surface area contributed by atoms with Gasteiger partial charge in [0.25, 0.3) is 0 Å². The molecule has 0 amide bonds. The van der Waals surface area contributed by atoms with Gasteiger partial charge in [0, 0.05) is 18.7 Å². The Balaban J connectivity index is 2.37. The molecule has 1 fully saturated rings. The highest BCUT2D eigenvalue weighted by molar-refractivity contribution is 5.26. The summed E-state index contributed by atoms with van der Waals surface area (Å²) in [5.41, 5.74) is -0.821. The largest absolute Gasteiger partial charge is 0.384 e. The Morgan fingerprint density at radius 1 is 1.31 bits per heavy atom. The molecule has 1 saturated heterocycles. The lowest BCUT2D eigenvalue weighted by Crippen LogP contribution is -2.29. The molecule has 2 atom stereocenters. The molecule has 1 aliphatic rings. The zero-order chi connectivity index (χ0) is 11.9. The Hall–Kier alpha value is -1.00. The lowest BCUT2D eigenvalue weighted by Gasteiger charge is -2.22. The van der Waals surface area contributed by atoms with E-state index < -0.39 is 17.2 Å². The number of halogens is 2. The van der Waals surface area contributed by atoms with Crippen LogP contribution in [0, 0.1) is 11.6 Å². The molecule has 0 aliphatic carbocycles. The second-order valence-corrected chi connectivity index (χ2v) is 4.66. The second-order valence-electron chi connectivity index (χ2n) is 4.66. The van der Waals surface area contributed by atoms with Crippen LogP contribution in [0.3, 0.4) is 0 Å². The zero-order valence-corrected chi connectivity index (χ0v) is 9.37. The topological polar surface area (TPSA) is 23.5 Å². The quantitative estimate of drug-likeness (QED) is 0.791. The zero-order valence-electron chi connectivity index (χ0n) is 9.37. The van der Waals surface area contributed by atoms with Gasteiger partial charge in [-0.15, -0.1) is 0 Å². The first-order valence-corrected chi connectivity index (χ1v) is 5.30. The number of β-amino-alcohol motifs (C(OH)–C–C–N with tert-alkyl or cyclic N) is 1. The maximum absolute atomic E-state index is 13.1. The molecule has 0 aromatic heterocycles. The summed E-state index contributed by atoms with van der Waals surface area (Å²) in [6.45, 7) is 2.38. The number of likely N-dealkylation sites (tertiary alicyclic amines) is 1. The summed E-state index contributed by atoms with van der Waals surface area (Å²) in [5, 5.41) is 10.4. The van der Waals surface area contributed by atoms with Crippen LogP contribution in [0.5, 0.6) is 0 Å². The monoisotopic (exact) mass is 227 g/mol. The van der Waals surface area contributed by atoms with Gasteiger partial charge in [-0.05, 0) is 38.1 Å². The van der Waals surface area contributed by atoms with Crippen LogP contribution in [-0.2, 0) is 5.60 Å². The fraction of sp³-hybridized carbons (Fsp3) is 0.500. The van der Waals surface area contributed by atoms with Crippen LogP contribution in [0.25, 0.3) is 0 Å². The average molecular weight is 227 g/mol. The minimum Gasteiger partial charge on any atom is -0.384 e. The van der Waals surface area contributed by atoms with Gasteiger partial charge < -0.3 is 10.0 Å². The maximum Gasteiger partial charge on any atom is 0.126 e. The van der Waals surface area contributed by atoms with Crippen molar-refractivity contribution in [3.05, 3.63) is 35.4 Å². The molecule has 2 rings (SSSR count). The molecule has 16 heavy (non-hydrogen) atoms. The van der Waals surface area contributed by atoms with E-state index in [1.807, 2.05) is 18.9 Å². The van der Waals surface area contributed by atoms with Crippen molar-refractivity contribution in [2.45, 2.75) is 25.0 Å². The van der Waals surface area contributed by atoms with E-state index in [0.717, 1.165) is 6.07 Å². The molecule has 1 aliphatic heterocycles. The third-order valence-corrected chi connectivity index (χ3v) is 3.30. The number of hydrogen-bond donors (Lipinski definition) is 1. The van der Waals surface area contributed by atoms with E-state index in [9.17, 15) is 13.9 Å². The Morgan fingerprint density at radius 3 is 2.31 bits per heavy atom. The summed E-state index contributed by atoms with van der Waals surface area (Å²) in [6, 6.07) is 3.43. The molecule has 4 heteroatoms. The predicted octanol–water partition coefficient (Wildman–Crippen LogP) is 1.88. The summed E-state index contributed by atoms with van der Waals surface area (Å²) in [4.78, 5) is 1.98. The Morgan fingerprint density at radius 2 is 1.88 bits per heavy atom. The van der Waals surface area contributed by atoms with E-state index in [0.29, 0.717) is 18.5 Å². The van der Waals surface area contributed by atoms with Crippen molar-refractivity contribution in [3.63, 3.8) is 0 Å². The molecule has 1 aromatic carbocycles. The standard InChI is InChI=1S/C12H15F2NO/c1-8-6-12(16,7-15(8)2)9-3-10(13)5-11(14)4-9/h3-5,8,16H,6-7H2,1-2H3. The highest BCUT2D eigenvalue weighted by atomic mass is 19.1. The predicted molar refractivity (Wildman–Crippen MR) is 57.0 cm³/mol. The van der Waals surface area contributed by atoms with Crippen molar-refractivity contribution in [1.29, 1.82) is 0 Å². The summed E-state index contributed by atoms with van der Waals surface area (Å²) < 4.78 is 26.2. The molecule has 0 saturated carbocycles. The van der Waals surface area contributed by atoms with Crippen molar-refractivity contribution >= 4 is 0 Å². The van der Waals surface area contributed by atoms with Gasteiger partial charge in [-0.1, -0.05) is 0 Å². The van der Waals surface area contributed by atoms with Gasteiger partial charge in [0.05, 0.1) is 0 Å². The third-order valence-electron chi connectivity index (χ3n) is 3.30. The van der Waals surface area contributed by atoms with E-state index >= 15 is 0 Å². The lowest BCUT2D eigenvalue weighted by molar-refractivity contribution is 0.0479. The first-order chi connectivity index (χ1) is 7.40. The summed E-state index contributed by atoms with van der Waals surface area (Å²) in [5.74, 6) is -1.30. The lowest BCUT2D eigenvalue weighted by atomic mass is 9.91. The van der Waals surface area contributed by atoms with Gasteiger partial charge >= 0.3 is 0 Å². The molecule has 2 unspecified atom stereocenters. The van der Waals surface area contributed by atoms with Crippen LogP contribution in [-0.4, -0.2) is 29.6 Å². The smallest absolute Gasteiger partial charge is 0.126 e. The first-order valence-electron chi connectivity index (χ1n) is 5.30. The summed E-state index contributed by atoms with van der Waals surface area (Å²) >= 11 is 0. The number of nitrogens with zero attached hydrogens (tertiary/aromatic N) is 1. The normalized spacial score (nSPS) is 30.9. The van der Waals surface area contributed by atoms with Crippen molar-refractivity contribution < 1.29 is 13.9 Å². The Kier molecular flexibility index (Phi) is 2.72. The highest BCUT2D eigenvalue weighted by Gasteiger charge is 2.40. The highest BCUT2D eigenvalue weighted by Crippen LogP contribution is 2.35. The van der Waals surface area contributed by atoms with Crippen molar-refractivity contribution in [3.8, 4) is 0 Å². The SMILES string of the molecule is CC1CC(O)(c2cc(F)cc(F)c2)CN1C. The van der Waals surface area contributed by atoms with Gasteiger partial charge in [0.15, 0.2) is 0 Å². The van der Waals surface area contributed by atoms with Gasteiger partial charge in [0.2, 0.25) is 0 Å². The van der Waals surface area contributed by atoms with Crippen molar-refractivity contribution in [1.82, 2.24) is 4.90 Å². The van der Waals surface area contributed by atoms with Gasteiger partial charge in [-0.25, -0.2) is 8.78 Å². The molecule has 1 aromatic rings. The molecule has 1 heterocycles. The summed E-state index contributed by atoms with van der Waals surface area (Å²) in [6.07, 6.45) is 0.492. The van der Waals surface area contributed by atoms with Crippen molar-refractivity contribution in [2.24, 2.45) is 0 Å². The van der Waals surface area contributed by atoms with Gasteiger partial charge in [-0.2, -0.15) is 0 Å². The van der Waals surface area contributed by atoms with Crippen LogP contribution in [0.4, 0.5) is 8.78 Å². The van der Waals surface area contributed by atoms with E-state index in [4.69, 9.17) is 0 Å². The fourth-order valence-corrected chi connectivity index (χ4v) is 2.31. The van der Waals surface area contributed by atoms with E-state index in [2.05, 4.69) is 0 Å². The number of aliphatic hydroxyl groups is 1. The third kappa shape index (κ3) is 1.95. The number of benzene rings is 1. The minimum absolute atomic E-state index is 0.205. The van der Waals surface area contributed by atoms with Crippen LogP contribution in [0.1, 0.15) is 18.9 Å². The number of rotatable bonds is 1. The van der Waals surface area contributed by atoms with E-state index in [1.54, 1.807) is 0 Å². The van der Waals surface area contributed by atoms with Crippen LogP contribution < -0.4 is 0 Å². The molecule has 88 valence electrons. The van der Waals surface area contributed by atoms with Crippen LogP contribution in [0.15, 0.2) is 18.2 Å². The average Bonchev–Trinajstić information content (AvgIpc) is 2.40. The van der Waals surface area contributed by atoms with Gasteiger partial charge in [0.1, 0.15) is 17.2 Å². The van der Waals surface area contributed by atoms with E-state index in [-0.39, 0.29) is 6.04 Å².